The summed E-state index contributed by atoms with van der Waals surface area (Å²) >= 11 is 0.888. The fraction of sp³-hybridized carbons (Fsp3) is 0.167. The molecule has 0 aliphatic carbocycles. The number of aromatic nitrogens is 3. The van der Waals surface area contributed by atoms with Crippen molar-refractivity contribution in [3.63, 3.8) is 0 Å². The second-order valence-corrected chi connectivity index (χ2v) is 5.61. The Hall–Kier alpha value is -2.56. The lowest BCUT2D eigenvalue weighted by Gasteiger charge is -2.12. The van der Waals surface area contributed by atoms with Gasteiger partial charge >= 0.3 is 0 Å². The lowest BCUT2D eigenvalue weighted by Crippen LogP contribution is -2.23. The maximum atomic E-state index is 13.5. The van der Waals surface area contributed by atoms with Crippen LogP contribution in [0.4, 0.5) is 30.8 Å². The van der Waals surface area contributed by atoms with Crippen molar-refractivity contribution < 1.29 is 18.0 Å². The molecule has 0 saturated carbocycles. The van der Waals surface area contributed by atoms with Gasteiger partial charge in [-0.3, -0.25) is 4.79 Å². The summed E-state index contributed by atoms with van der Waals surface area (Å²) in [4.78, 5) is 23.1. The number of carbonyl (C=O) groups is 1. The molecule has 1 atom stereocenters. The number of amides is 1. The van der Waals surface area contributed by atoms with Crippen molar-refractivity contribution in [2.45, 2.75) is 17.3 Å². The predicted molar refractivity (Wildman–Crippen MR) is 78.9 cm³/mol. The highest BCUT2D eigenvalue weighted by Crippen LogP contribution is 2.24. The van der Waals surface area contributed by atoms with Gasteiger partial charge in [0.25, 0.3) is 0 Å². The van der Waals surface area contributed by atoms with Crippen LogP contribution in [0.15, 0.2) is 17.3 Å². The number of nitrogens with two attached hydrogens (primary N) is 2. The van der Waals surface area contributed by atoms with E-state index in [0.717, 1.165) is 17.8 Å². The molecular weight excluding hydrogens is 333 g/mol. The van der Waals surface area contributed by atoms with E-state index in [-0.39, 0.29) is 17.1 Å². The molecule has 0 spiro atoms. The van der Waals surface area contributed by atoms with E-state index < -0.39 is 34.3 Å². The zero-order chi connectivity index (χ0) is 17.1. The van der Waals surface area contributed by atoms with Gasteiger partial charge in [-0.15, -0.1) is 0 Å². The fourth-order valence-electron chi connectivity index (χ4n) is 1.51. The lowest BCUT2D eigenvalue weighted by atomic mass is 10.2. The highest BCUT2D eigenvalue weighted by molar-refractivity contribution is 8.00. The van der Waals surface area contributed by atoms with Crippen molar-refractivity contribution in [3.8, 4) is 0 Å². The second-order valence-electron chi connectivity index (χ2n) is 4.31. The Labute approximate surface area is 132 Å². The van der Waals surface area contributed by atoms with Crippen LogP contribution in [0.25, 0.3) is 0 Å². The first-order valence-corrected chi connectivity index (χ1v) is 7.04. The number of nitrogens with zero attached hydrogens (tertiary/aromatic N) is 3. The first-order valence-electron chi connectivity index (χ1n) is 6.16. The molecule has 11 heteroatoms. The zero-order valence-electron chi connectivity index (χ0n) is 11.7. The normalized spacial score (nSPS) is 12.0. The largest absolute Gasteiger partial charge is 0.368 e. The molecule has 2 rings (SSSR count). The topological polar surface area (TPSA) is 120 Å². The number of anilines is 3. The summed E-state index contributed by atoms with van der Waals surface area (Å²) in [5, 5.41) is 1.46. The van der Waals surface area contributed by atoms with Gasteiger partial charge in [-0.1, -0.05) is 11.8 Å². The van der Waals surface area contributed by atoms with E-state index >= 15 is 0 Å². The number of halogens is 3. The predicted octanol–water partition coefficient (Wildman–Crippen LogP) is 1.57. The van der Waals surface area contributed by atoms with E-state index in [1.165, 1.54) is 6.92 Å². The smallest absolute Gasteiger partial charge is 0.237 e. The molecule has 2 aromatic rings. The maximum absolute atomic E-state index is 13.5. The van der Waals surface area contributed by atoms with Gasteiger partial charge in [-0.25, -0.2) is 13.2 Å². The molecule has 5 N–H and O–H groups in total. The van der Waals surface area contributed by atoms with Gasteiger partial charge in [-0.05, 0) is 19.1 Å². The molecule has 1 aromatic heterocycles. The Morgan fingerprint density at radius 2 is 1.74 bits per heavy atom. The minimum atomic E-state index is -1.67. The van der Waals surface area contributed by atoms with Crippen LogP contribution in [0.1, 0.15) is 6.92 Å². The number of hydrogen-bond donors (Lipinski definition) is 3. The van der Waals surface area contributed by atoms with Crippen molar-refractivity contribution in [2.24, 2.45) is 0 Å². The number of carbonyl (C=O) groups excluding carboxylic acids is 1. The Morgan fingerprint density at radius 3 is 2.35 bits per heavy atom. The molecule has 0 unspecified atom stereocenters. The molecule has 23 heavy (non-hydrogen) atoms. The Morgan fingerprint density at radius 1 is 1.13 bits per heavy atom. The fourth-order valence-corrected chi connectivity index (χ4v) is 2.28. The van der Waals surface area contributed by atoms with Gasteiger partial charge < -0.3 is 16.8 Å². The van der Waals surface area contributed by atoms with Crippen LogP contribution in [0.5, 0.6) is 0 Å². The van der Waals surface area contributed by atoms with Gasteiger partial charge in [-0.2, -0.15) is 15.0 Å². The van der Waals surface area contributed by atoms with E-state index in [0.29, 0.717) is 6.07 Å². The van der Waals surface area contributed by atoms with E-state index in [1.54, 1.807) is 0 Å². The third kappa shape index (κ3) is 4.00. The highest BCUT2D eigenvalue weighted by Gasteiger charge is 2.20. The minimum absolute atomic E-state index is 0.100. The summed E-state index contributed by atoms with van der Waals surface area (Å²) < 4.78 is 39.5. The van der Waals surface area contributed by atoms with Crippen molar-refractivity contribution >= 4 is 35.3 Å². The Bertz CT molecular complexity index is 740. The van der Waals surface area contributed by atoms with Gasteiger partial charge in [0, 0.05) is 0 Å². The summed E-state index contributed by atoms with van der Waals surface area (Å²) in [5.41, 5.74) is 10.3. The van der Waals surface area contributed by atoms with E-state index in [9.17, 15) is 18.0 Å². The molecule has 0 aliphatic rings. The van der Waals surface area contributed by atoms with Crippen LogP contribution < -0.4 is 16.8 Å². The van der Waals surface area contributed by atoms with Crippen LogP contribution in [-0.4, -0.2) is 26.1 Å². The van der Waals surface area contributed by atoms with Crippen LogP contribution in [0.3, 0.4) is 0 Å². The Kier molecular flexibility index (Phi) is 4.89. The second kappa shape index (κ2) is 6.69. The average Bonchev–Trinajstić information content (AvgIpc) is 2.46. The maximum Gasteiger partial charge on any atom is 0.237 e. The monoisotopic (exact) mass is 344 g/mol. The first kappa shape index (κ1) is 16.8. The van der Waals surface area contributed by atoms with Gasteiger partial charge in [0.05, 0.1) is 10.9 Å². The molecule has 0 aliphatic heterocycles. The lowest BCUT2D eigenvalue weighted by molar-refractivity contribution is -0.115. The molecule has 1 heterocycles. The number of rotatable bonds is 4. The van der Waals surface area contributed by atoms with Crippen LogP contribution in [-0.2, 0) is 4.79 Å². The number of benzene rings is 1. The Balaban J connectivity index is 2.10. The van der Waals surface area contributed by atoms with Crippen molar-refractivity contribution in [1.29, 1.82) is 0 Å². The molecule has 0 radical (unpaired) electrons. The molecule has 122 valence electrons. The average molecular weight is 344 g/mol. The molecule has 7 nitrogen and oxygen atoms in total. The standard InChI is InChI=1S/C12H11F3N6OS/c1-4(23-12-20-10(16)19-11(17)21-12)9(22)18-6-3-2-5(13)7(14)8(6)15/h2-4H,1H3,(H,18,22)(H4,16,17,19,20,21)/t4-/m0/s1. The van der Waals surface area contributed by atoms with Crippen molar-refractivity contribution in [1.82, 2.24) is 15.0 Å². The number of nitrogen functional groups attached to an aromatic ring is 2. The molecule has 0 bridgehead atoms. The molecular formula is C12H11F3N6OS. The number of thioether (sulfide) groups is 1. The van der Waals surface area contributed by atoms with Crippen LogP contribution >= 0.6 is 11.8 Å². The van der Waals surface area contributed by atoms with E-state index in [2.05, 4.69) is 20.3 Å². The summed E-state index contributed by atoms with van der Waals surface area (Å²) in [6.07, 6.45) is 0. The SMILES string of the molecule is C[C@H](Sc1nc(N)nc(N)n1)C(=O)Nc1ccc(F)c(F)c1F. The van der Waals surface area contributed by atoms with Crippen molar-refractivity contribution in [3.05, 3.63) is 29.6 Å². The summed E-state index contributed by atoms with van der Waals surface area (Å²) in [5.74, 6) is -5.39. The van der Waals surface area contributed by atoms with Crippen molar-refractivity contribution in [2.75, 3.05) is 16.8 Å². The quantitative estimate of drug-likeness (QED) is 0.569. The van der Waals surface area contributed by atoms with Gasteiger partial charge in [0.15, 0.2) is 22.6 Å². The third-order valence-corrected chi connectivity index (χ3v) is 3.55. The molecule has 1 amide bonds. The summed E-state index contributed by atoms with van der Waals surface area (Å²) in [6.45, 7) is 1.48. The summed E-state index contributed by atoms with van der Waals surface area (Å²) in [7, 11) is 0. The van der Waals surface area contributed by atoms with E-state index in [4.69, 9.17) is 11.5 Å². The first-order chi connectivity index (χ1) is 10.8. The third-order valence-electron chi connectivity index (χ3n) is 2.59. The van der Waals surface area contributed by atoms with E-state index in [1.807, 2.05) is 0 Å². The van der Waals surface area contributed by atoms with Crippen LogP contribution in [0, 0.1) is 17.5 Å². The van der Waals surface area contributed by atoms with Gasteiger partial charge in [0.2, 0.25) is 17.8 Å². The number of hydrogen-bond acceptors (Lipinski definition) is 7. The van der Waals surface area contributed by atoms with Gasteiger partial charge in [0.1, 0.15) is 0 Å². The zero-order valence-corrected chi connectivity index (χ0v) is 12.5. The molecule has 0 saturated heterocycles. The molecule has 0 fully saturated rings. The van der Waals surface area contributed by atoms with Crippen LogP contribution in [0.2, 0.25) is 0 Å². The highest BCUT2D eigenvalue weighted by atomic mass is 32.2. The minimum Gasteiger partial charge on any atom is -0.368 e. The number of nitrogens with one attached hydrogen (secondary N) is 1. The summed E-state index contributed by atoms with van der Waals surface area (Å²) in [6, 6.07) is 1.63. The molecule has 1 aromatic carbocycles.